The van der Waals surface area contributed by atoms with Crippen molar-refractivity contribution in [3.05, 3.63) is 28.9 Å². The molecule has 102 valence electrons. The Labute approximate surface area is 119 Å². The van der Waals surface area contributed by atoms with Crippen LogP contribution in [0.25, 0.3) is 6.08 Å². The van der Waals surface area contributed by atoms with Gasteiger partial charge in [-0.3, -0.25) is 4.90 Å². The number of piperazine rings is 1. The Morgan fingerprint density at radius 2 is 2.21 bits per heavy atom. The van der Waals surface area contributed by atoms with Gasteiger partial charge < -0.3 is 4.90 Å². The van der Waals surface area contributed by atoms with E-state index in [2.05, 4.69) is 40.8 Å². The van der Waals surface area contributed by atoms with Crippen LogP contribution in [-0.2, 0) is 0 Å². The first-order valence-electron chi connectivity index (χ1n) is 6.98. The van der Waals surface area contributed by atoms with Crippen molar-refractivity contribution in [3.8, 4) is 0 Å². The van der Waals surface area contributed by atoms with Gasteiger partial charge in [0.2, 0.25) is 0 Å². The van der Waals surface area contributed by atoms with Crippen molar-refractivity contribution < 1.29 is 0 Å². The van der Waals surface area contributed by atoms with Gasteiger partial charge in [-0.25, -0.2) is 4.98 Å². The molecule has 0 aromatic carbocycles. The molecule has 0 radical (unpaired) electrons. The Bertz CT molecular complexity index is 498. The van der Waals surface area contributed by atoms with Crippen LogP contribution in [0.3, 0.4) is 0 Å². The highest BCUT2D eigenvalue weighted by Crippen LogP contribution is 2.30. The van der Waals surface area contributed by atoms with Crippen molar-refractivity contribution in [3.63, 3.8) is 0 Å². The second-order valence-corrected chi connectivity index (χ2v) is 6.08. The summed E-state index contributed by atoms with van der Waals surface area (Å²) < 4.78 is 0. The van der Waals surface area contributed by atoms with E-state index in [1.165, 1.54) is 0 Å². The van der Waals surface area contributed by atoms with Gasteiger partial charge >= 0.3 is 0 Å². The van der Waals surface area contributed by atoms with Crippen LogP contribution in [0.4, 0.5) is 5.82 Å². The van der Waals surface area contributed by atoms with Crippen LogP contribution < -0.4 is 4.90 Å². The highest BCUT2D eigenvalue weighted by molar-refractivity contribution is 6.30. The highest BCUT2D eigenvalue weighted by atomic mass is 35.5. The van der Waals surface area contributed by atoms with E-state index in [0.29, 0.717) is 17.1 Å². The smallest absolute Gasteiger partial charge is 0.136 e. The summed E-state index contributed by atoms with van der Waals surface area (Å²) in [6, 6.07) is 3.16. The molecule has 1 saturated heterocycles. The molecule has 0 unspecified atom stereocenters. The molecule has 19 heavy (non-hydrogen) atoms. The van der Waals surface area contributed by atoms with E-state index >= 15 is 0 Å². The summed E-state index contributed by atoms with van der Waals surface area (Å²) >= 11 is 6.05. The van der Waals surface area contributed by atoms with Gasteiger partial charge in [0.05, 0.1) is 5.02 Å². The third-order valence-corrected chi connectivity index (χ3v) is 4.29. The number of hydrogen-bond acceptors (Lipinski definition) is 3. The monoisotopic (exact) mass is 277 g/mol. The molecule has 1 aromatic heterocycles. The Balaban J connectivity index is 1.91. The molecule has 0 saturated carbocycles. The second kappa shape index (κ2) is 5.14. The largest absolute Gasteiger partial charge is 0.350 e. The predicted octanol–water partition coefficient (Wildman–Crippen LogP) is 3.05. The van der Waals surface area contributed by atoms with E-state index in [9.17, 15) is 0 Å². The molecule has 0 amide bonds. The summed E-state index contributed by atoms with van der Waals surface area (Å²) in [5.74, 6) is 1.09. The zero-order valence-corrected chi connectivity index (χ0v) is 12.3. The van der Waals surface area contributed by atoms with Crippen molar-refractivity contribution in [2.75, 3.05) is 24.5 Å². The summed E-state index contributed by atoms with van der Waals surface area (Å²) in [6.07, 6.45) is 7.25. The zero-order valence-electron chi connectivity index (χ0n) is 11.5. The summed E-state index contributed by atoms with van der Waals surface area (Å²) in [7, 11) is 0. The van der Waals surface area contributed by atoms with E-state index in [4.69, 9.17) is 11.6 Å². The first kappa shape index (κ1) is 12.9. The molecule has 3 nitrogen and oxygen atoms in total. The van der Waals surface area contributed by atoms with Crippen molar-refractivity contribution >= 4 is 23.5 Å². The topological polar surface area (TPSA) is 19.4 Å². The molecule has 4 heteroatoms. The molecule has 3 heterocycles. The highest BCUT2D eigenvalue weighted by Gasteiger charge is 2.30. The molecule has 1 fully saturated rings. The Kier molecular flexibility index (Phi) is 3.50. The van der Waals surface area contributed by atoms with E-state index in [-0.39, 0.29) is 0 Å². The lowest BCUT2D eigenvalue weighted by atomic mass is 10.1. The van der Waals surface area contributed by atoms with Crippen molar-refractivity contribution in [2.24, 2.45) is 0 Å². The number of anilines is 1. The third-order valence-electron chi connectivity index (χ3n) is 4.08. The molecule has 3 rings (SSSR count). The quantitative estimate of drug-likeness (QED) is 0.787. The number of halogens is 1. The number of fused-ring (bicyclic) bond motifs is 3. The number of hydrogen-bond donors (Lipinski definition) is 0. The standard InChI is InChI=1S/C15H20ClN3/c1-11(2)18-6-7-19-14(10-18)5-3-4-12-8-13(16)9-17-15(12)19/h3-4,8-9,11,14H,5-7,10H2,1-2H3/t14-/m1/s1. The van der Waals surface area contributed by atoms with Gasteiger partial charge in [0.1, 0.15) is 5.82 Å². The first-order chi connectivity index (χ1) is 9.15. The van der Waals surface area contributed by atoms with Gasteiger partial charge in [-0.05, 0) is 26.3 Å². The number of pyridine rings is 1. The molecular weight excluding hydrogens is 258 g/mol. The minimum absolute atomic E-state index is 0.530. The van der Waals surface area contributed by atoms with E-state index < -0.39 is 0 Å². The lowest BCUT2D eigenvalue weighted by Gasteiger charge is -2.43. The molecule has 0 bridgehead atoms. The molecule has 2 aliphatic heterocycles. The number of aromatic nitrogens is 1. The van der Waals surface area contributed by atoms with Crippen LogP contribution in [0, 0.1) is 0 Å². The van der Waals surface area contributed by atoms with Crippen molar-refractivity contribution in [1.29, 1.82) is 0 Å². The van der Waals surface area contributed by atoms with E-state index in [0.717, 1.165) is 37.4 Å². The molecule has 0 N–H and O–H groups in total. The summed E-state index contributed by atoms with van der Waals surface area (Å²) in [5.41, 5.74) is 1.15. The Morgan fingerprint density at radius 1 is 1.37 bits per heavy atom. The van der Waals surface area contributed by atoms with Crippen molar-refractivity contribution in [2.45, 2.75) is 32.4 Å². The first-order valence-corrected chi connectivity index (χ1v) is 7.35. The van der Waals surface area contributed by atoms with Gasteiger partial charge in [0, 0.05) is 43.5 Å². The maximum atomic E-state index is 6.05. The van der Waals surface area contributed by atoms with Crippen LogP contribution in [0.15, 0.2) is 18.3 Å². The fourth-order valence-corrected chi connectivity index (χ4v) is 3.16. The molecule has 0 aliphatic carbocycles. The van der Waals surface area contributed by atoms with Gasteiger partial charge in [-0.2, -0.15) is 0 Å². The second-order valence-electron chi connectivity index (χ2n) is 5.64. The van der Waals surface area contributed by atoms with Crippen LogP contribution in [-0.4, -0.2) is 41.6 Å². The summed E-state index contributed by atoms with van der Waals surface area (Å²) in [6.45, 7) is 7.82. The van der Waals surface area contributed by atoms with Crippen LogP contribution in [0.2, 0.25) is 5.02 Å². The van der Waals surface area contributed by atoms with Gasteiger partial charge in [-0.1, -0.05) is 23.8 Å². The van der Waals surface area contributed by atoms with E-state index in [1.54, 1.807) is 6.20 Å². The predicted molar refractivity (Wildman–Crippen MR) is 80.7 cm³/mol. The average Bonchev–Trinajstić information content (AvgIpc) is 2.56. The lowest BCUT2D eigenvalue weighted by Crippen LogP contribution is -2.55. The Hall–Kier alpha value is -1.06. The molecule has 1 atom stereocenters. The summed E-state index contributed by atoms with van der Waals surface area (Å²) in [5, 5.41) is 0.711. The van der Waals surface area contributed by atoms with E-state index in [1.807, 2.05) is 6.07 Å². The maximum absolute atomic E-state index is 6.05. The normalized spacial score (nSPS) is 23.2. The average molecular weight is 278 g/mol. The minimum atomic E-state index is 0.530. The summed E-state index contributed by atoms with van der Waals surface area (Å²) in [4.78, 5) is 9.56. The third kappa shape index (κ3) is 2.49. The molecule has 1 aromatic rings. The van der Waals surface area contributed by atoms with Crippen molar-refractivity contribution in [1.82, 2.24) is 9.88 Å². The minimum Gasteiger partial charge on any atom is -0.350 e. The van der Waals surface area contributed by atoms with Crippen LogP contribution >= 0.6 is 11.6 Å². The zero-order chi connectivity index (χ0) is 13.4. The number of rotatable bonds is 1. The Morgan fingerprint density at radius 3 is 3.00 bits per heavy atom. The fraction of sp³-hybridized carbons (Fsp3) is 0.533. The molecule has 2 aliphatic rings. The maximum Gasteiger partial charge on any atom is 0.136 e. The molecule has 0 spiro atoms. The lowest BCUT2D eigenvalue weighted by molar-refractivity contribution is 0.180. The molecular formula is C15H20ClN3. The van der Waals surface area contributed by atoms with Gasteiger partial charge in [0.15, 0.2) is 0 Å². The van der Waals surface area contributed by atoms with Gasteiger partial charge in [0.25, 0.3) is 0 Å². The SMILES string of the molecule is CC(C)N1CCN2c3ncc(Cl)cc3C=CC[C@@H]2C1. The van der Waals surface area contributed by atoms with Crippen LogP contribution in [0.1, 0.15) is 25.8 Å². The number of nitrogens with zero attached hydrogens (tertiary/aromatic N) is 3. The fourth-order valence-electron chi connectivity index (χ4n) is 2.99. The van der Waals surface area contributed by atoms with Crippen LogP contribution in [0.5, 0.6) is 0 Å². The van der Waals surface area contributed by atoms with Gasteiger partial charge in [-0.15, -0.1) is 0 Å².